The minimum atomic E-state index is -0.203. The van der Waals surface area contributed by atoms with Crippen LogP contribution in [0.1, 0.15) is 27.9 Å². The summed E-state index contributed by atoms with van der Waals surface area (Å²) in [6.45, 7) is 2.61. The van der Waals surface area contributed by atoms with Crippen LogP contribution >= 0.6 is 51.5 Å². The average molecular weight is 632 g/mol. The number of amides is 1. The van der Waals surface area contributed by atoms with Gasteiger partial charge in [0.25, 0.3) is 0 Å². The zero-order chi connectivity index (χ0) is 25.9. The van der Waals surface area contributed by atoms with Gasteiger partial charge in [-0.3, -0.25) is 9.47 Å². The van der Waals surface area contributed by atoms with Crippen LogP contribution in [0.3, 0.4) is 0 Å². The van der Waals surface area contributed by atoms with Crippen molar-refractivity contribution in [3.05, 3.63) is 103 Å². The smallest absolute Gasteiger partial charge is 0.326 e. The molecule has 0 bridgehead atoms. The summed E-state index contributed by atoms with van der Waals surface area (Å²) < 4.78 is 2.62. The summed E-state index contributed by atoms with van der Waals surface area (Å²) >= 11 is 15.6. The monoisotopic (exact) mass is 629 g/mol. The number of hydrogen-bond acceptors (Lipinski definition) is 4. The molecule has 1 aliphatic heterocycles. The first kappa shape index (κ1) is 28.2. The highest BCUT2D eigenvalue weighted by Crippen LogP contribution is 2.32. The van der Waals surface area contributed by atoms with E-state index in [4.69, 9.17) is 23.2 Å². The fraction of sp³-hybridized carbons (Fsp3) is 0.179. The molecule has 1 amide bonds. The lowest BCUT2D eigenvalue weighted by atomic mass is 10.0. The molecular formula is C28H23BrCl3N5O. The highest BCUT2D eigenvalue weighted by atomic mass is 79.9. The van der Waals surface area contributed by atoms with Crippen molar-refractivity contribution in [1.82, 2.24) is 19.8 Å². The molecular weight excluding hydrogens is 609 g/mol. The molecule has 2 aromatic heterocycles. The van der Waals surface area contributed by atoms with Crippen LogP contribution in [0.4, 0.5) is 4.79 Å². The number of benzene rings is 2. The second-order valence-electron chi connectivity index (χ2n) is 8.81. The predicted octanol–water partition coefficient (Wildman–Crippen LogP) is 7.23. The maximum absolute atomic E-state index is 13.4. The Balaban J connectivity index is 0.00000336. The Morgan fingerprint density at radius 1 is 1.18 bits per heavy atom. The van der Waals surface area contributed by atoms with Crippen LogP contribution in [0.15, 0.2) is 65.3 Å². The van der Waals surface area contributed by atoms with Gasteiger partial charge >= 0.3 is 6.03 Å². The molecule has 38 heavy (non-hydrogen) atoms. The molecule has 0 radical (unpaired) electrons. The standard InChI is InChI=1S/C28H22BrCl2N5O.ClH/c29-23-13-18(3-5-24(23)30)2-1-10-35-11-8-26-22(17-35)21-12-19(15-32)4-6-25(21)36(26)28(37)34-16-20-7-9-33-27(31)14-20;/h1-7,9,12-14H,8,10-11,16-17H2,(H,34,37);1H/b2-1+;. The first-order valence-corrected chi connectivity index (χ1v) is 13.3. The van der Waals surface area contributed by atoms with Gasteiger partial charge in [0.05, 0.1) is 22.2 Å². The molecule has 0 spiro atoms. The van der Waals surface area contributed by atoms with E-state index in [1.807, 2.05) is 36.4 Å². The second kappa shape index (κ2) is 12.3. The number of pyridine rings is 1. The Hall–Kier alpha value is -2.86. The van der Waals surface area contributed by atoms with Crippen molar-refractivity contribution < 1.29 is 4.79 Å². The predicted molar refractivity (Wildman–Crippen MR) is 158 cm³/mol. The minimum Gasteiger partial charge on any atom is -0.333 e. The van der Waals surface area contributed by atoms with Crippen molar-refractivity contribution >= 4 is 74.5 Å². The molecule has 4 aromatic rings. The van der Waals surface area contributed by atoms with Crippen molar-refractivity contribution in [2.24, 2.45) is 0 Å². The maximum atomic E-state index is 13.4. The number of fused-ring (bicyclic) bond motifs is 3. The molecule has 0 atom stereocenters. The Labute approximate surface area is 245 Å². The van der Waals surface area contributed by atoms with E-state index in [1.54, 1.807) is 22.9 Å². The average Bonchev–Trinajstić information content (AvgIpc) is 3.22. The largest absolute Gasteiger partial charge is 0.333 e. The molecule has 6 nitrogen and oxygen atoms in total. The van der Waals surface area contributed by atoms with E-state index in [-0.39, 0.29) is 18.4 Å². The summed E-state index contributed by atoms with van der Waals surface area (Å²) in [4.78, 5) is 19.7. The van der Waals surface area contributed by atoms with Crippen LogP contribution in [0.25, 0.3) is 17.0 Å². The van der Waals surface area contributed by atoms with Crippen LogP contribution in [-0.4, -0.2) is 33.6 Å². The fourth-order valence-electron chi connectivity index (χ4n) is 4.63. The number of aromatic nitrogens is 2. The minimum absolute atomic E-state index is 0. The molecule has 3 heterocycles. The van der Waals surface area contributed by atoms with Crippen LogP contribution in [0, 0.1) is 11.3 Å². The quantitative estimate of drug-likeness (QED) is 0.236. The molecule has 5 rings (SSSR count). The Morgan fingerprint density at radius 2 is 2.03 bits per heavy atom. The maximum Gasteiger partial charge on any atom is 0.326 e. The van der Waals surface area contributed by atoms with E-state index in [2.05, 4.69) is 49.4 Å². The van der Waals surface area contributed by atoms with Crippen molar-refractivity contribution in [2.75, 3.05) is 13.1 Å². The molecule has 0 unspecified atom stereocenters. The van der Waals surface area contributed by atoms with Crippen molar-refractivity contribution in [2.45, 2.75) is 19.5 Å². The third-order valence-electron chi connectivity index (χ3n) is 6.41. The number of nitrogens with one attached hydrogen (secondary N) is 1. The van der Waals surface area contributed by atoms with Crippen molar-refractivity contribution in [1.29, 1.82) is 5.26 Å². The van der Waals surface area contributed by atoms with E-state index in [0.29, 0.717) is 28.8 Å². The van der Waals surface area contributed by atoms with Crippen molar-refractivity contribution in [3.63, 3.8) is 0 Å². The zero-order valence-corrected chi connectivity index (χ0v) is 24.0. The Kier molecular flexibility index (Phi) is 9.14. The molecule has 1 N–H and O–H groups in total. The SMILES string of the molecule is Cl.N#Cc1ccc2c(c1)c1c(n2C(=O)NCc2ccnc(Cl)c2)CCN(C/C=C/c2ccc(Cl)c(Br)c2)C1. The summed E-state index contributed by atoms with van der Waals surface area (Å²) in [6, 6.07) is 16.9. The van der Waals surface area contributed by atoms with Crippen LogP contribution < -0.4 is 5.32 Å². The summed E-state index contributed by atoms with van der Waals surface area (Å²) in [5, 5.41) is 14.5. The first-order chi connectivity index (χ1) is 17.9. The second-order valence-corrected chi connectivity index (χ2v) is 10.5. The Bertz CT molecular complexity index is 1580. The first-order valence-electron chi connectivity index (χ1n) is 11.7. The Morgan fingerprint density at radius 3 is 2.79 bits per heavy atom. The number of nitrogens with zero attached hydrogens (tertiary/aromatic N) is 4. The molecule has 1 aliphatic rings. The van der Waals surface area contributed by atoms with Gasteiger partial charge in [-0.2, -0.15) is 5.26 Å². The van der Waals surface area contributed by atoms with Crippen LogP contribution in [0.2, 0.25) is 10.2 Å². The molecule has 10 heteroatoms. The fourth-order valence-corrected chi connectivity index (χ4v) is 5.35. The van der Waals surface area contributed by atoms with Gasteiger partial charge in [-0.25, -0.2) is 9.78 Å². The van der Waals surface area contributed by atoms with Gasteiger partial charge in [-0.1, -0.05) is 41.4 Å². The number of carbonyl (C=O) groups is 1. The number of carbonyl (C=O) groups excluding carboxylic acids is 1. The van der Waals surface area contributed by atoms with E-state index in [9.17, 15) is 10.1 Å². The highest BCUT2D eigenvalue weighted by Gasteiger charge is 2.26. The third-order valence-corrected chi connectivity index (χ3v) is 7.83. The van der Waals surface area contributed by atoms with E-state index in [1.165, 1.54) is 0 Å². The molecule has 0 fully saturated rings. The zero-order valence-electron chi connectivity index (χ0n) is 20.1. The third kappa shape index (κ3) is 6.06. The van der Waals surface area contributed by atoms with Gasteiger partial charge in [0.1, 0.15) is 5.15 Å². The molecule has 2 aromatic carbocycles. The molecule has 0 saturated heterocycles. The van der Waals surface area contributed by atoms with Gasteiger partial charge in [0.2, 0.25) is 0 Å². The number of rotatable bonds is 5. The van der Waals surface area contributed by atoms with Crippen LogP contribution in [0.5, 0.6) is 0 Å². The molecule has 0 aliphatic carbocycles. The van der Waals surface area contributed by atoms with Gasteiger partial charge in [-0.05, 0) is 75.1 Å². The lowest BCUT2D eigenvalue weighted by Gasteiger charge is -2.27. The molecule has 0 saturated carbocycles. The van der Waals surface area contributed by atoms with Gasteiger partial charge < -0.3 is 5.32 Å². The highest BCUT2D eigenvalue weighted by molar-refractivity contribution is 9.10. The summed E-state index contributed by atoms with van der Waals surface area (Å²) in [5.41, 5.74) is 5.38. The number of nitriles is 1. The number of hydrogen-bond donors (Lipinski definition) is 1. The topological polar surface area (TPSA) is 74.0 Å². The van der Waals surface area contributed by atoms with E-state index >= 15 is 0 Å². The van der Waals surface area contributed by atoms with Gasteiger partial charge in [0, 0.05) is 54.3 Å². The normalized spacial score (nSPS) is 13.2. The van der Waals surface area contributed by atoms with Crippen LogP contribution in [-0.2, 0) is 19.5 Å². The van der Waals surface area contributed by atoms with Gasteiger partial charge in [-0.15, -0.1) is 12.4 Å². The summed E-state index contributed by atoms with van der Waals surface area (Å²) in [5.74, 6) is 0. The summed E-state index contributed by atoms with van der Waals surface area (Å²) in [7, 11) is 0. The van der Waals surface area contributed by atoms with E-state index < -0.39 is 0 Å². The number of halogens is 4. The summed E-state index contributed by atoms with van der Waals surface area (Å²) in [6.07, 6.45) is 6.55. The van der Waals surface area contributed by atoms with Crippen molar-refractivity contribution in [3.8, 4) is 6.07 Å². The van der Waals surface area contributed by atoms with Gasteiger partial charge in [0.15, 0.2) is 0 Å². The lowest BCUT2D eigenvalue weighted by Crippen LogP contribution is -2.34. The van der Waals surface area contributed by atoms with E-state index in [0.717, 1.165) is 57.3 Å². The molecule has 194 valence electrons. The lowest BCUT2D eigenvalue weighted by molar-refractivity contribution is 0.240.